The molecule has 2 amide bonds. The van der Waals surface area contributed by atoms with Crippen LogP contribution in [0.4, 0.5) is 10.1 Å². The molecule has 23 heavy (non-hydrogen) atoms. The molecule has 0 fully saturated rings. The standard InChI is InChI=1S/C14H12BrFN2O5/c1-6-4-7(16)11(15)10(14(22)23)12(6)17-8-5-9(20)18(2-3-19)13(8)21/h4-5,17,19H,2-3H2,1H3,(H,22,23). The summed E-state index contributed by atoms with van der Waals surface area (Å²) in [6.07, 6.45) is 1.00. The maximum atomic E-state index is 13.7. The molecule has 1 heterocycles. The van der Waals surface area contributed by atoms with E-state index in [-0.39, 0.29) is 40.1 Å². The first-order valence-corrected chi connectivity index (χ1v) is 7.24. The molecule has 0 saturated heterocycles. The minimum absolute atomic E-state index is 0.00373. The molecule has 9 heteroatoms. The number of carboxylic acid groups (broad SMARTS) is 1. The average molecular weight is 387 g/mol. The molecule has 0 spiro atoms. The second-order valence-corrected chi connectivity index (χ2v) is 5.54. The van der Waals surface area contributed by atoms with E-state index >= 15 is 0 Å². The summed E-state index contributed by atoms with van der Waals surface area (Å²) < 4.78 is 13.4. The summed E-state index contributed by atoms with van der Waals surface area (Å²) in [5, 5.41) is 20.7. The third kappa shape index (κ3) is 3.10. The molecule has 0 bridgehead atoms. The SMILES string of the molecule is Cc1cc(F)c(Br)c(C(=O)O)c1NC1=CC(=O)N(CCO)C1=O. The van der Waals surface area contributed by atoms with E-state index in [1.807, 2.05) is 0 Å². The van der Waals surface area contributed by atoms with Gasteiger partial charge in [0.2, 0.25) is 0 Å². The van der Waals surface area contributed by atoms with Gasteiger partial charge in [0.25, 0.3) is 11.8 Å². The van der Waals surface area contributed by atoms with Crippen LogP contribution >= 0.6 is 15.9 Å². The Bertz CT molecular complexity index is 747. The average Bonchev–Trinajstić information content (AvgIpc) is 2.72. The van der Waals surface area contributed by atoms with Crippen molar-refractivity contribution in [1.29, 1.82) is 0 Å². The van der Waals surface area contributed by atoms with Gasteiger partial charge in [0, 0.05) is 6.08 Å². The Kier molecular flexibility index (Phi) is 4.81. The number of halogens is 2. The summed E-state index contributed by atoms with van der Waals surface area (Å²) in [6, 6.07) is 1.10. The van der Waals surface area contributed by atoms with Gasteiger partial charge in [-0.15, -0.1) is 0 Å². The summed E-state index contributed by atoms with van der Waals surface area (Å²) >= 11 is 2.87. The Morgan fingerprint density at radius 2 is 2.09 bits per heavy atom. The second-order valence-electron chi connectivity index (χ2n) is 4.75. The van der Waals surface area contributed by atoms with Crippen LogP contribution in [0.2, 0.25) is 0 Å². The fourth-order valence-corrected chi connectivity index (χ4v) is 2.64. The van der Waals surface area contributed by atoms with Crippen LogP contribution in [0.15, 0.2) is 22.3 Å². The number of benzene rings is 1. The van der Waals surface area contributed by atoms with Crippen LogP contribution in [-0.2, 0) is 9.59 Å². The van der Waals surface area contributed by atoms with Crippen LogP contribution < -0.4 is 5.32 Å². The Hall–Kier alpha value is -2.26. The van der Waals surface area contributed by atoms with Gasteiger partial charge in [0.05, 0.1) is 23.3 Å². The van der Waals surface area contributed by atoms with Crippen LogP contribution in [0.3, 0.4) is 0 Å². The van der Waals surface area contributed by atoms with Gasteiger partial charge in [0.15, 0.2) is 0 Å². The Balaban J connectivity index is 2.44. The molecule has 1 aromatic rings. The Morgan fingerprint density at radius 3 is 2.65 bits per heavy atom. The predicted molar refractivity (Wildman–Crippen MR) is 81.3 cm³/mol. The lowest BCUT2D eigenvalue weighted by Crippen LogP contribution is -2.34. The van der Waals surface area contributed by atoms with Crippen molar-refractivity contribution in [2.75, 3.05) is 18.5 Å². The van der Waals surface area contributed by atoms with Crippen LogP contribution in [0.5, 0.6) is 0 Å². The number of β-amino-alcohol motifs (C(OH)–C–C–N with tert-alkyl or cyclic N) is 1. The molecule has 1 aliphatic rings. The number of aliphatic hydroxyl groups is 1. The number of carbonyl (C=O) groups excluding carboxylic acids is 2. The molecular formula is C14H12BrFN2O5. The van der Waals surface area contributed by atoms with Gasteiger partial charge < -0.3 is 15.5 Å². The van der Waals surface area contributed by atoms with Crippen molar-refractivity contribution < 1.29 is 29.0 Å². The molecule has 2 rings (SSSR count). The number of amides is 2. The molecule has 0 radical (unpaired) electrons. The first kappa shape index (κ1) is 17.1. The smallest absolute Gasteiger partial charge is 0.339 e. The fourth-order valence-electron chi connectivity index (χ4n) is 2.16. The highest BCUT2D eigenvalue weighted by Crippen LogP contribution is 2.32. The number of carboxylic acids is 1. The first-order chi connectivity index (χ1) is 10.8. The van der Waals surface area contributed by atoms with Crippen molar-refractivity contribution in [2.24, 2.45) is 0 Å². The Labute approximate surface area is 138 Å². The number of carbonyl (C=O) groups is 3. The van der Waals surface area contributed by atoms with Gasteiger partial charge >= 0.3 is 5.97 Å². The quantitative estimate of drug-likeness (QED) is 0.657. The van der Waals surface area contributed by atoms with Gasteiger partial charge in [-0.3, -0.25) is 14.5 Å². The van der Waals surface area contributed by atoms with E-state index in [2.05, 4.69) is 21.2 Å². The number of hydrogen-bond donors (Lipinski definition) is 3. The molecule has 0 atom stereocenters. The van der Waals surface area contributed by atoms with Crippen molar-refractivity contribution >= 4 is 39.4 Å². The van der Waals surface area contributed by atoms with Crippen LogP contribution in [0.1, 0.15) is 15.9 Å². The molecule has 122 valence electrons. The third-order valence-electron chi connectivity index (χ3n) is 3.22. The monoisotopic (exact) mass is 386 g/mol. The number of anilines is 1. The zero-order valence-electron chi connectivity index (χ0n) is 11.9. The molecule has 0 aliphatic carbocycles. The highest BCUT2D eigenvalue weighted by atomic mass is 79.9. The van der Waals surface area contributed by atoms with E-state index in [4.69, 9.17) is 5.11 Å². The van der Waals surface area contributed by atoms with Crippen LogP contribution in [0, 0.1) is 12.7 Å². The van der Waals surface area contributed by atoms with Crippen molar-refractivity contribution in [2.45, 2.75) is 6.92 Å². The molecule has 0 saturated carbocycles. The molecule has 3 N–H and O–H groups in total. The van der Waals surface area contributed by atoms with E-state index in [9.17, 15) is 23.9 Å². The van der Waals surface area contributed by atoms with Crippen molar-refractivity contribution in [3.05, 3.63) is 39.3 Å². The largest absolute Gasteiger partial charge is 0.478 e. The van der Waals surface area contributed by atoms with Crippen molar-refractivity contribution in [3.8, 4) is 0 Å². The van der Waals surface area contributed by atoms with Gasteiger partial charge in [-0.25, -0.2) is 9.18 Å². The highest BCUT2D eigenvalue weighted by molar-refractivity contribution is 9.10. The van der Waals surface area contributed by atoms with Gasteiger partial charge in [0.1, 0.15) is 17.1 Å². The van der Waals surface area contributed by atoms with Gasteiger partial charge in [-0.2, -0.15) is 0 Å². The maximum Gasteiger partial charge on any atom is 0.339 e. The molecule has 1 aromatic carbocycles. The zero-order valence-corrected chi connectivity index (χ0v) is 13.5. The lowest BCUT2D eigenvalue weighted by atomic mass is 10.1. The lowest BCUT2D eigenvalue weighted by molar-refractivity contribution is -0.137. The van der Waals surface area contributed by atoms with Gasteiger partial charge in [-0.1, -0.05) is 0 Å². The molecular weight excluding hydrogens is 375 g/mol. The summed E-state index contributed by atoms with van der Waals surface area (Å²) in [6.45, 7) is 0.912. The molecule has 1 aliphatic heterocycles. The predicted octanol–water partition coefficient (Wildman–Crippen LogP) is 1.25. The van der Waals surface area contributed by atoms with E-state index in [1.54, 1.807) is 0 Å². The number of aryl methyl sites for hydroxylation is 1. The van der Waals surface area contributed by atoms with Crippen molar-refractivity contribution in [3.63, 3.8) is 0 Å². The first-order valence-electron chi connectivity index (χ1n) is 6.45. The normalized spacial score (nSPS) is 14.3. The third-order valence-corrected chi connectivity index (χ3v) is 4.00. The van der Waals surface area contributed by atoms with Gasteiger partial charge in [-0.05, 0) is 34.5 Å². The summed E-state index contributed by atoms with van der Waals surface area (Å²) in [5.74, 6) is -3.47. The molecule has 0 unspecified atom stereocenters. The fraction of sp³-hybridized carbons (Fsp3) is 0.214. The number of rotatable bonds is 5. The number of aromatic carboxylic acids is 1. The van der Waals surface area contributed by atoms with Crippen LogP contribution in [-0.4, -0.2) is 46.0 Å². The van der Waals surface area contributed by atoms with E-state index in [0.29, 0.717) is 0 Å². The summed E-state index contributed by atoms with van der Waals surface area (Å²) in [7, 11) is 0. The summed E-state index contributed by atoms with van der Waals surface area (Å²) in [5.41, 5.74) is -0.273. The lowest BCUT2D eigenvalue weighted by Gasteiger charge is -2.16. The highest BCUT2D eigenvalue weighted by Gasteiger charge is 2.32. The Morgan fingerprint density at radius 1 is 1.43 bits per heavy atom. The van der Waals surface area contributed by atoms with Crippen LogP contribution in [0.25, 0.3) is 0 Å². The van der Waals surface area contributed by atoms with E-state index in [1.165, 1.54) is 6.92 Å². The number of nitrogens with zero attached hydrogens (tertiary/aromatic N) is 1. The number of aliphatic hydroxyl groups excluding tert-OH is 1. The minimum atomic E-state index is -1.40. The maximum absolute atomic E-state index is 13.7. The second kappa shape index (κ2) is 6.47. The number of nitrogens with one attached hydrogen (secondary N) is 1. The molecule has 7 nitrogen and oxygen atoms in total. The topological polar surface area (TPSA) is 107 Å². The molecule has 0 aromatic heterocycles. The summed E-state index contributed by atoms with van der Waals surface area (Å²) in [4.78, 5) is 36.0. The van der Waals surface area contributed by atoms with E-state index in [0.717, 1.165) is 17.0 Å². The van der Waals surface area contributed by atoms with Crippen molar-refractivity contribution in [1.82, 2.24) is 4.90 Å². The number of hydrogen-bond acceptors (Lipinski definition) is 5. The number of imide groups is 1. The van der Waals surface area contributed by atoms with E-state index < -0.39 is 23.6 Å². The minimum Gasteiger partial charge on any atom is -0.478 e. The zero-order chi connectivity index (χ0) is 17.3.